The summed E-state index contributed by atoms with van der Waals surface area (Å²) in [6.07, 6.45) is 0.988. The van der Waals surface area contributed by atoms with Gasteiger partial charge in [0.25, 0.3) is 0 Å². The summed E-state index contributed by atoms with van der Waals surface area (Å²) in [7, 11) is 1.39. The molecule has 1 aliphatic rings. The molecule has 1 N–H and O–H groups in total. The predicted octanol–water partition coefficient (Wildman–Crippen LogP) is 4.14. The zero-order chi connectivity index (χ0) is 20.5. The average Bonchev–Trinajstić information content (AvgIpc) is 3.05. The van der Waals surface area contributed by atoms with Gasteiger partial charge in [0.05, 0.1) is 25.9 Å². The summed E-state index contributed by atoms with van der Waals surface area (Å²) in [5, 5.41) is 3.38. The molecule has 0 saturated carbocycles. The number of fused-ring (bicyclic) bond motifs is 1. The molecule has 2 aromatic rings. The second kappa shape index (κ2) is 7.79. The summed E-state index contributed by atoms with van der Waals surface area (Å²) in [5.74, 6) is 0.114. The third-order valence-corrected chi connectivity index (χ3v) is 4.53. The smallest absolute Gasteiger partial charge is 0.410 e. The largest absolute Gasteiger partial charge is 0.494 e. The molecule has 0 bridgehead atoms. The Bertz CT molecular complexity index is 901. The minimum absolute atomic E-state index is 0.109. The van der Waals surface area contributed by atoms with Crippen LogP contribution >= 0.6 is 11.6 Å². The maximum atomic E-state index is 14.5. The quantitative estimate of drug-likeness (QED) is 0.819. The zero-order valence-corrected chi connectivity index (χ0v) is 16.9. The van der Waals surface area contributed by atoms with Gasteiger partial charge in [-0.25, -0.2) is 19.2 Å². The van der Waals surface area contributed by atoms with Gasteiger partial charge in [-0.1, -0.05) is 11.6 Å². The molecule has 0 spiro atoms. The molecular formula is C19H22ClFN4O3. The Balaban J connectivity index is 1.76. The fourth-order valence-corrected chi connectivity index (χ4v) is 3.07. The van der Waals surface area contributed by atoms with Crippen molar-refractivity contribution in [1.29, 1.82) is 0 Å². The van der Waals surface area contributed by atoms with Crippen LogP contribution in [0.15, 0.2) is 18.5 Å². The van der Waals surface area contributed by atoms with Gasteiger partial charge in [-0.15, -0.1) is 0 Å². The Hall–Kier alpha value is -2.61. The second-order valence-electron chi connectivity index (χ2n) is 7.38. The number of hydrogen-bond acceptors (Lipinski definition) is 6. The van der Waals surface area contributed by atoms with Gasteiger partial charge in [0.1, 0.15) is 17.7 Å². The van der Waals surface area contributed by atoms with E-state index in [1.54, 1.807) is 11.0 Å². The monoisotopic (exact) mass is 408 g/mol. The van der Waals surface area contributed by atoms with Crippen LogP contribution in [0.5, 0.6) is 5.75 Å². The number of aromatic nitrogens is 2. The van der Waals surface area contributed by atoms with Crippen LogP contribution in [0.4, 0.5) is 15.0 Å². The SMILES string of the molecule is COc1ccc(Cl)c(CNc2ncnc3c2CN(C(=O)OC(C)(C)C)C3)c1F. The Morgan fingerprint density at radius 2 is 2.07 bits per heavy atom. The number of carbonyl (C=O) groups excluding carboxylic acids is 1. The maximum absolute atomic E-state index is 14.5. The van der Waals surface area contributed by atoms with E-state index in [1.807, 2.05) is 20.8 Å². The van der Waals surface area contributed by atoms with E-state index < -0.39 is 17.5 Å². The van der Waals surface area contributed by atoms with Crippen LogP contribution in [0.1, 0.15) is 37.6 Å². The van der Waals surface area contributed by atoms with Crippen LogP contribution < -0.4 is 10.1 Å². The molecule has 1 aromatic carbocycles. The Labute approximate surface area is 167 Å². The highest BCUT2D eigenvalue weighted by molar-refractivity contribution is 6.31. The van der Waals surface area contributed by atoms with Gasteiger partial charge in [-0.2, -0.15) is 0 Å². The lowest BCUT2D eigenvalue weighted by molar-refractivity contribution is 0.0241. The van der Waals surface area contributed by atoms with Crippen LogP contribution in [-0.4, -0.2) is 33.7 Å². The van der Waals surface area contributed by atoms with Gasteiger partial charge in [0.2, 0.25) is 0 Å². The third kappa shape index (κ3) is 4.27. The molecule has 1 amide bonds. The number of anilines is 1. The fraction of sp³-hybridized carbons (Fsp3) is 0.421. The lowest BCUT2D eigenvalue weighted by Gasteiger charge is -2.24. The predicted molar refractivity (Wildman–Crippen MR) is 103 cm³/mol. The van der Waals surface area contributed by atoms with Crippen LogP contribution in [-0.2, 0) is 24.4 Å². The van der Waals surface area contributed by atoms with Gasteiger partial charge in [-0.3, -0.25) is 4.90 Å². The first-order valence-electron chi connectivity index (χ1n) is 8.75. The Morgan fingerprint density at radius 1 is 1.32 bits per heavy atom. The van der Waals surface area contributed by atoms with Crippen LogP contribution in [0, 0.1) is 5.82 Å². The molecule has 9 heteroatoms. The fourth-order valence-electron chi connectivity index (χ4n) is 2.85. The lowest BCUT2D eigenvalue weighted by atomic mass is 10.2. The summed E-state index contributed by atoms with van der Waals surface area (Å²) >= 11 is 6.13. The van der Waals surface area contributed by atoms with Crippen molar-refractivity contribution in [3.63, 3.8) is 0 Å². The number of nitrogens with zero attached hydrogens (tertiary/aromatic N) is 3. The Morgan fingerprint density at radius 3 is 2.75 bits per heavy atom. The van der Waals surface area contributed by atoms with E-state index in [-0.39, 0.29) is 22.9 Å². The van der Waals surface area contributed by atoms with E-state index >= 15 is 0 Å². The van der Waals surface area contributed by atoms with E-state index in [2.05, 4.69) is 15.3 Å². The van der Waals surface area contributed by atoms with E-state index in [4.69, 9.17) is 21.1 Å². The van der Waals surface area contributed by atoms with E-state index in [1.165, 1.54) is 19.5 Å². The highest BCUT2D eigenvalue weighted by Crippen LogP contribution is 2.30. The summed E-state index contributed by atoms with van der Waals surface area (Å²) in [4.78, 5) is 22.4. The summed E-state index contributed by atoms with van der Waals surface area (Å²) in [6, 6.07) is 3.05. The molecule has 7 nitrogen and oxygen atoms in total. The van der Waals surface area contributed by atoms with Crippen molar-refractivity contribution in [3.05, 3.63) is 46.1 Å². The number of benzene rings is 1. The van der Waals surface area contributed by atoms with Crippen molar-refractivity contribution in [2.45, 2.75) is 46.0 Å². The molecule has 0 aliphatic carbocycles. The first kappa shape index (κ1) is 20.1. The topological polar surface area (TPSA) is 76.6 Å². The van der Waals surface area contributed by atoms with Crippen molar-refractivity contribution < 1.29 is 18.7 Å². The van der Waals surface area contributed by atoms with E-state index in [0.717, 1.165) is 11.3 Å². The molecule has 150 valence electrons. The summed E-state index contributed by atoms with van der Waals surface area (Å²) < 4.78 is 24.9. The molecule has 0 atom stereocenters. The molecule has 1 aromatic heterocycles. The minimum atomic E-state index is -0.584. The second-order valence-corrected chi connectivity index (χ2v) is 7.79. The molecule has 28 heavy (non-hydrogen) atoms. The molecule has 0 radical (unpaired) electrons. The van der Waals surface area contributed by atoms with Gasteiger partial charge in [0, 0.05) is 22.7 Å². The van der Waals surface area contributed by atoms with Crippen molar-refractivity contribution >= 4 is 23.5 Å². The summed E-state index contributed by atoms with van der Waals surface area (Å²) in [6.45, 7) is 6.18. The minimum Gasteiger partial charge on any atom is -0.494 e. The molecule has 2 heterocycles. The number of carbonyl (C=O) groups is 1. The Kier molecular flexibility index (Phi) is 5.60. The van der Waals surface area contributed by atoms with Gasteiger partial charge in [-0.05, 0) is 32.9 Å². The number of nitrogens with one attached hydrogen (secondary N) is 1. The maximum Gasteiger partial charge on any atom is 0.410 e. The highest BCUT2D eigenvalue weighted by Gasteiger charge is 2.30. The van der Waals surface area contributed by atoms with Crippen LogP contribution in [0.25, 0.3) is 0 Å². The molecule has 1 aliphatic heterocycles. The van der Waals surface area contributed by atoms with Crippen molar-refractivity contribution in [2.24, 2.45) is 0 Å². The van der Waals surface area contributed by atoms with Gasteiger partial charge in [0.15, 0.2) is 11.6 Å². The number of hydrogen-bond donors (Lipinski definition) is 1. The van der Waals surface area contributed by atoms with Crippen LogP contribution in [0.2, 0.25) is 5.02 Å². The normalized spacial score (nSPS) is 13.3. The number of ether oxygens (including phenoxy) is 2. The molecule has 3 rings (SSSR count). The van der Waals surface area contributed by atoms with Gasteiger partial charge >= 0.3 is 6.09 Å². The first-order chi connectivity index (χ1) is 13.2. The lowest BCUT2D eigenvalue weighted by Crippen LogP contribution is -2.33. The molecule has 0 saturated heterocycles. The van der Waals surface area contributed by atoms with E-state index in [9.17, 15) is 9.18 Å². The number of amides is 1. The molecule has 0 unspecified atom stereocenters. The first-order valence-corrected chi connectivity index (χ1v) is 9.13. The van der Waals surface area contributed by atoms with Crippen molar-refractivity contribution in [1.82, 2.24) is 14.9 Å². The van der Waals surface area contributed by atoms with Gasteiger partial charge < -0.3 is 14.8 Å². The van der Waals surface area contributed by atoms with E-state index in [0.29, 0.717) is 18.9 Å². The standard InChI is InChI=1S/C19H22ClFN4O3/c1-19(2,3)28-18(26)25-8-12-14(9-25)23-10-24-17(12)22-7-11-13(20)5-6-15(27-4)16(11)21/h5-6,10H,7-9H2,1-4H3,(H,22,23,24). The van der Waals surface area contributed by atoms with Crippen molar-refractivity contribution in [3.8, 4) is 5.75 Å². The number of rotatable bonds is 4. The number of halogens is 2. The van der Waals surface area contributed by atoms with Crippen molar-refractivity contribution in [2.75, 3.05) is 12.4 Å². The zero-order valence-electron chi connectivity index (χ0n) is 16.2. The highest BCUT2D eigenvalue weighted by atomic mass is 35.5. The number of methoxy groups -OCH3 is 1. The molecule has 0 fully saturated rings. The molecular weight excluding hydrogens is 387 g/mol. The third-order valence-electron chi connectivity index (χ3n) is 4.18. The average molecular weight is 409 g/mol. The van der Waals surface area contributed by atoms with Crippen LogP contribution in [0.3, 0.4) is 0 Å². The summed E-state index contributed by atoms with van der Waals surface area (Å²) in [5.41, 5.74) is 1.18.